The fraction of sp³-hybridized carbons (Fsp3) is 0.765. The van der Waals surface area contributed by atoms with Crippen molar-refractivity contribution >= 4 is 41.3 Å². The highest BCUT2D eigenvalue weighted by Gasteiger charge is 2.38. The molecule has 3 rings (SSSR count). The van der Waals surface area contributed by atoms with Crippen molar-refractivity contribution in [1.82, 2.24) is 20.5 Å². The van der Waals surface area contributed by atoms with E-state index >= 15 is 0 Å². The molecule has 2 atom stereocenters. The number of aliphatic imine (C=N–C) groups is 1. The summed E-state index contributed by atoms with van der Waals surface area (Å²) in [4.78, 5) is 12.9. The second kappa shape index (κ2) is 8.80. The van der Waals surface area contributed by atoms with Crippen LogP contribution < -0.4 is 10.6 Å². The molecule has 1 aromatic rings. The molecule has 0 radical (unpaired) electrons. The van der Waals surface area contributed by atoms with Gasteiger partial charge in [0.2, 0.25) is 0 Å². The lowest BCUT2D eigenvalue weighted by molar-refractivity contribution is 0.256. The van der Waals surface area contributed by atoms with Crippen LogP contribution in [0.1, 0.15) is 41.8 Å². The van der Waals surface area contributed by atoms with Crippen molar-refractivity contribution in [3.63, 3.8) is 0 Å². The maximum Gasteiger partial charge on any atom is 0.191 e. The molecular formula is C17H30IN5S. The summed E-state index contributed by atoms with van der Waals surface area (Å²) in [5.41, 5.74) is 1.17. The van der Waals surface area contributed by atoms with Crippen LogP contribution in [0.5, 0.6) is 0 Å². The quantitative estimate of drug-likeness (QED) is 0.401. The first-order valence-electron chi connectivity index (χ1n) is 8.72. The Morgan fingerprint density at radius 1 is 1.38 bits per heavy atom. The van der Waals surface area contributed by atoms with E-state index in [9.17, 15) is 0 Å². The second-order valence-electron chi connectivity index (χ2n) is 6.84. The summed E-state index contributed by atoms with van der Waals surface area (Å²) in [5.74, 6) is 0.929. The Bertz CT molecular complexity index is 569. The Kier molecular flexibility index (Phi) is 7.30. The fourth-order valence-corrected chi connectivity index (χ4v) is 4.50. The molecule has 0 spiro atoms. The van der Waals surface area contributed by atoms with Gasteiger partial charge in [0.05, 0.1) is 10.7 Å². The van der Waals surface area contributed by atoms with Gasteiger partial charge in [-0.1, -0.05) is 0 Å². The van der Waals surface area contributed by atoms with Crippen LogP contribution in [0.15, 0.2) is 4.99 Å². The van der Waals surface area contributed by atoms with Crippen molar-refractivity contribution in [2.75, 3.05) is 20.1 Å². The fourth-order valence-electron chi connectivity index (χ4n) is 3.56. The van der Waals surface area contributed by atoms with Gasteiger partial charge in [0.15, 0.2) is 5.96 Å². The van der Waals surface area contributed by atoms with Gasteiger partial charge in [0.1, 0.15) is 0 Å². The van der Waals surface area contributed by atoms with Gasteiger partial charge in [-0.15, -0.1) is 35.3 Å². The molecule has 2 N–H and O–H groups in total. The van der Waals surface area contributed by atoms with E-state index in [1.165, 1.54) is 29.8 Å². The van der Waals surface area contributed by atoms with Gasteiger partial charge in [-0.2, -0.15) is 0 Å². The van der Waals surface area contributed by atoms with Crippen LogP contribution in [0.25, 0.3) is 0 Å². The van der Waals surface area contributed by atoms with Crippen LogP contribution in [-0.4, -0.2) is 54.1 Å². The number of hydrogen-bond donors (Lipinski definition) is 2. The lowest BCUT2D eigenvalue weighted by Gasteiger charge is -2.20. The molecule has 0 bridgehead atoms. The summed E-state index contributed by atoms with van der Waals surface area (Å²) in [6, 6.07) is 2.06. The topological polar surface area (TPSA) is 52.6 Å². The maximum atomic E-state index is 4.49. The molecular weight excluding hydrogens is 433 g/mol. The molecule has 1 aliphatic carbocycles. The van der Waals surface area contributed by atoms with E-state index in [1.54, 1.807) is 11.3 Å². The molecule has 2 unspecified atom stereocenters. The molecule has 2 aliphatic rings. The molecule has 0 aromatic carbocycles. The van der Waals surface area contributed by atoms with E-state index in [1.807, 2.05) is 7.05 Å². The summed E-state index contributed by atoms with van der Waals surface area (Å²) < 4.78 is 0. The van der Waals surface area contributed by atoms with Gasteiger partial charge in [0.25, 0.3) is 0 Å². The largest absolute Gasteiger partial charge is 0.356 e. The Balaban J connectivity index is 0.00000208. The number of hydrogen-bond acceptors (Lipinski definition) is 4. The highest BCUT2D eigenvalue weighted by Crippen LogP contribution is 2.33. The third-order valence-electron chi connectivity index (χ3n) is 4.85. The first kappa shape index (κ1) is 19.9. The first-order valence-corrected chi connectivity index (χ1v) is 9.54. The van der Waals surface area contributed by atoms with Crippen LogP contribution in [0, 0.1) is 13.8 Å². The zero-order chi connectivity index (χ0) is 16.4. The normalized spacial score (nSPS) is 24.8. The predicted molar refractivity (Wildman–Crippen MR) is 113 cm³/mol. The van der Waals surface area contributed by atoms with Crippen LogP contribution in [0.4, 0.5) is 0 Å². The van der Waals surface area contributed by atoms with Crippen molar-refractivity contribution in [2.45, 2.75) is 64.6 Å². The van der Waals surface area contributed by atoms with E-state index in [2.05, 4.69) is 46.3 Å². The van der Waals surface area contributed by atoms with Crippen molar-refractivity contribution in [3.05, 3.63) is 15.6 Å². The Morgan fingerprint density at radius 2 is 2.12 bits per heavy atom. The molecule has 2 heterocycles. The summed E-state index contributed by atoms with van der Waals surface area (Å²) in [6.45, 7) is 8.57. The summed E-state index contributed by atoms with van der Waals surface area (Å²) in [5, 5.41) is 8.21. The van der Waals surface area contributed by atoms with Crippen molar-refractivity contribution in [3.8, 4) is 0 Å². The maximum absolute atomic E-state index is 4.49. The molecule has 1 aliphatic heterocycles. The first-order chi connectivity index (χ1) is 11.1. The SMILES string of the molecule is CN=C(NCCc1sc(C)nc1C)NC1CC(C)N(C2CC2)C1.I. The number of rotatable bonds is 5. The molecule has 1 saturated carbocycles. The van der Waals surface area contributed by atoms with E-state index in [0.717, 1.165) is 36.5 Å². The smallest absolute Gasteiger partial charge is 0.191 e. The van der Waals surface area contributed by atoms with Gasteiger partial charge in [-0.3, -0.25) is 9.89 Å². The number of nitrogens with one attached hydrogen (secondary N) is 2. The van der Waals surface area contributed by atoms with Crippen LogP contribution in [0.2, 0.25) is 0 Å². The molecule has 2 fully saturated rings. The molecule has 136 valence electrons. The van der Waals surface area contributed by atoms with Gasteiger partial charge in [-0.05, 0) is 40.0 Å². The van der Waals surface area contributed by atoms with Crippen molar-refractivity contribution in [1.29, 1.82) is 0 Å². The van der Waals surface area contributed by atoms with Gasteiger partial charge < -0.3 is 10.6 Å². The number of nitrogens with zero attached hydrogens (tertiary/aromatic N) is 3. The minimum Gasteiger partial charge on any atom is -0.356 e. The zero-order valence-corrected chi connectivity index (χ0v) is 18.3. The van der Waals surface area contributed by atoms with Gasteiger partial charge in [0, 0.05) is 49.6 Å². The summed E-state index contributed by atoms with van der Waals surface area (Å²) in [7, 11) is 1.86. The highest BCUT2D eigenvalue weighted by molar-refractivity contribution is 14.0. The number of thiazole rings is 1. The monoisotopic (exact) mass is 463 g/mol. The molecule has 1 saturated heterocycles. The zero-order valence-electron chi connectivity index (χ0n) is 15.1. The third kappa shape index (κ3) is 5.05. The number of likely N-dealkylation sites (tertiary alicyclic amines) is 1. The molecule has 0 amide bonds. The van der Waals surface area contributed by atoms with Gasteiger partial charge in [-0.25, -0.2) is 4.98 Å². The third-order valence-corrected chi connectivity index (χ3v) is 5.98. The Labute approximate surface area is 166 Å². The Hall–Kier alpha value is -0.410. The van der Waals surface area contributed by atoms with Crippen LogP contribution in [0.3, 0.4) is 0 Å². The Morgan fingerprint density at radius 3 is 2.71 bits per heavy atom. The standard InChI is InChI=1S/C17H29N5S.HI/c1-11-9-14(10-22(11)15-5-6-15)21-17(18-4)19-8-7-16-12(2)20-13(3)23-16;/h11,14-15H,5-10H2,1-4H3,(H2,18,19,21);1H. The minimum absolute atomic E-state index is 0. The predicted octanol–water partition coefficient (Wildman–Crippen LogP) is 2.71. The van der Waals surface area contributed by atoms with E-state index in [0.29, 0.717) is 12.1 Å². The van der Waals surface area contributed by atoms with E-state index in [4.69, 9.17) is 0 Å². The lowest BCUT2D eigenvalue weighted by atomic mass is 10.2. The average Bonchev–Trinajstić information content (AvgIpc) is 3.21. The van der Waals surface area contributed by atoms with E-state index in [-0.39, 0.29) is 24.0 Å². The molecule has 1 aromatic heterocycles. The van der Waals surface area contributed by atoms with Crippen LogP contribution in [-0.2, 0) is 6.42 Å². The van der Waals surface area contributed by atoms with Gasteiger partial charge >= 0.3 is 0 Å². The van der Waals surface area contributed by atoms with Crippen LogP contribution >= 0.6 is 35.3 Å². The summed E-state index contributed by atoms with van der Waals surface area (Å²) in [6.07, 6.45) is 4.99. The second-order valence-corrected chi connectivity index (χ2v) is 8.13. The molecule has 5 nitrogen and oxygen atoms in total. The highest BCUT2D eigenvalue weighted by atomic mass is 127. The lowest BCUT2D eigenvalue weighted by Crippen LogP contribution is -2.45. The number of aromatic nitrogens is 1. The van der Waals surface area contributed by atoms with E-state index < -0.39 is 0 Å². The number of halogens is 1. The minimum atomic E-state index is 0. The molecule has 24 heavy (non-hydrogen) atoms. The average molecular weight is 463 g/mol. The van der Waals surface area contributed by atoms with Crippen molar-refractivity contribution in [2.24, 2.45) is 4.99 Å². The van der Waals surface area contributed by atoms with Crippen molar-refractivity contribution < 1.29 is 0 Å². The number of aryl methyl sites for hydroxylation is 2. The summed E-state index contributed by atoms with van der Waals surface area (Å²) >= 11 is 1.80. The number of guanidine groups is 1. The molecule has 7 heteroatoms.